The van der Waals surface area contributed by atoms with Gasteiger partial charge in [0.25, 0.3) is 11.1 Å². The molecule has 0 radical (unpaired) electrons. The minimum absolute atomic E-state index is 0.0541. The van der Waals surface area contributed by atoms with E-state index in [0.717, 1.165) is 16.7 Å². The van der Waals surface area contributed by atoms with Gasteiger partial charge < -0.3 is 9.84 Å². The first kappa shape index (κ1) is 17.4. The van der Waals surface area contributed by atoms with Crippen LogP contribution in [0.4, 0.5) is 4.79 Å². The topological polar surface area (TPSA) is 83.9 Å². The maximum atomic E-state index is 12.1. The normalized spacial score (nSPS) is 15.8. The van der Waals surface area contributed by atoms with E-state index in [-0.39, 0.29) is 6.54 Å². The third kappa shape index (κ3) is 4.27. The van der Waals surface area contributed by atoms with Crippen LogP contribution in [0.25, 0.3) is 6.08 Å². The molecule has 0 saturated carbocycles. The first-order chi connectivity index (χ1) is 10.9. The van der Waals surface area contributed by atoms with Crippen molar-refractivity contribution in [3.05, 3.63) is 32.2 Å². The molecule has 1 heterocycles. The number of benzene rings is 1. The van der Waals surface area contributed by atoms with Gasteiger partial charge >= 0.3 is 5.97 Å². The largest absolute Gasteiger partial charge is 0.481 e. The quantitative estimate of drug-likeness (QED) is 0.428. The SMILES string of the molecule is C#CCN1C(=O)S/C(=C/c2ccc(OCC(=O)O)c(I)c2)C1=O. The summed E-state index contributed by atoms with van der Waals surface area (Å²) in [6.07, 6.45) is 6.72. The van der Waals surface area contributed by atoms with E-state index in [0.29, 0.717) is 19.8 Å². The molecule has 0 aliphatic carbocycles. The molecule has 0 spiro atoms. The zero-order chi connectivity index (χ0) is 17.0. The van der Waals surface area contributed by atoms with Gasteiger partial charge in [0.15, 0.2) is 6.61 Å². The number of carboxylic acids is 1. The molecule has 0 atom stereocenters. The van der Waals surface area contributed by atoms with Crippen LogP contribution in [0.5, 0.6) is 5.75 Å². The molecule has 1 saturated heterocycles. The molecule has 1 aliphatic rings. The Hall–Kier alpha value is -1.99. The van der Waals surface area contributed by atoms with Gasteiger partial charge in [-0.15, -0.1) is 6.42 Å². The van der Waals surface area contributed by atoms with Crippen LogP contribution in [-0.2, 0) is 9.59 Å². The number of halogens is 1. The van der Waals surface area contributed by atoms with Crippen LogP contribution >= 0.6 is 34.4 Å². The number of terminal acetylenes is 1. The molecule has 1 aromatic rings. The number of carbonyl (C=O) groups is 3. The standard InChI is InChI=1S/C15H10INO5S/c1-2-5-17-14(20)12(23-15(17)21)7-9-3-4-11(10(16)6-9)22-8-13(18)19/h1,3-4,6-7H,5,8H2,(H,18,19)/b12-7+. The summed E-state index contributed by atoms with van der Waals surface area (Å²) >= 11 is 2.84. The highest BCUT2D eigenvalue weighted by atomic mass is 127. The Kier molecular flexibility index (Phi) is 5.68. The second-order valence-electron chi connectivity index (χ2n) is 4.34. The summed E-state index contributed by atoms with van der Waals surface area (Å²) in [5.41, 5.74) is 0.697. The second kappa shape index (κ2) is 7.52. The van der Waals surface area contributed by atoms with E-state index in [1.54, 1.807) is 24.3 Å². The summed E-state index contributed by atoms with van der Waals surface area (Å²) in [6.45, 7) is -0.484. The van der Waals surface area contributed by atoms with Crippen molar-refractivity contribution in [2.75, 3.05) is 13.2 Å². The molecule has 8 heteroatoms. The molecule has 0 aromatic heterocycles. The fourth-order valence-electron chi connectivity index (χ4n) is 1.74. The molecule has 0 bridgehead atoms. The Morgan fingerprint density at radius 3 is 2.83 bits per heavy atom. The molecule has 1 fully saturated rings. The van der Waals surface area contributed by atoms with E-state index in [9.17, 15) is 14.4 Å². The number of imide groups is 1. The average molecular weight is 443 g/mol. The van der Waals surface area contributed by atoms with Gasteiger partial charge in [-0.05, 0) is 58.1 Å². The number of nitrogens with zero attached hydrogens (tertiary/aromatic N) is 1. The lowest BCUT2D eigenvalue weighted by Crippen LogP contribution is -2.28. The fraction of sp³-hybridized carbons (Fsp3) is 0.133. The monoisotopic (exact) mass is 443 g/mol. The van der Waals surface area contributed by atoms with Crippen LogP contribution in [0.15, 0.2) is 23.1 Å². The number of ether oxygens (including phenoxy) is 1. The first-order valence-corrected chi connectivity index (χ1v) is 8.15. The number of carboxylic acid groups (broad SMARTS) is 1. The summed E-state index contributed by atoms with van der Waals surface area (Å²) in [7, 11) is 0. The van der Waals surface area contributed by atoms with Crippen molar-refractivity contribution in [2.24, 2.45) is 0 Å². The Balaban J connectivity index is 2.19. The lowest BCUT2D eigenvalue weighted by molar-refractivity contribution is -0.139. The molecular formula is C15H10INO5S. The predicted molar refractivity (Wildman–Crippen MR) is 93.8 cm³/mol. The van der Waals surface area contributed by atoms with Gasteiger partial charge in [-0.3, -0.25) is 14.5 Å². The summed E-state index contributed by atoms with van der Waals surface area (Å²) < 4.78 is 5.82. The van der Waals surface area contributed by atoms with Gasteiger partial charge in [0.2, 0.25) is 0 Å². The Bertz CT molecular complexity index is 753. The average Bonchev–Trinajstić information content (AvgIpc) is 2.74. The number of thioether (sulfide) groups is 1. The van der Waals surface area contributed by atoms with E-state index in [1.165, 1.54) is 0 Å². The zero-order valence-electron chi connectivity index (χ0n) is 11.6. The molecule has 0 unspecified atom stereocenters. The van der Waals surface area contributed by atoms with Crippen molar-refractivity contribution >= 4 is 57.5 Å². The summed E-state index contributed by atoms with van der Waals surface area (Å²) in [5, 5.41) is 8.21. The van der Waals surface area contributed by atoms with Crippen molar-refractivity contribution in [1.29, 1.82) is 0 Å². The lowest BCUT2D eigenvalue weighted by Gasteiger charge is -2.07. The fourth-order valence-corrected chi connectivity index (χ4v) is 3.28. The van der Waals surface area contributed by atoms with Crippen LogP contribution < -0.4 is 4.74 Å². The molecule has 1 N–H and O–H groups in total. The third-order valence-electron chi connectivity index (χ3n) is 2.73. The van der Waals surface area contributed by atoms with E-state index in [4.69, 9.17) is 16.3 Å². The van der Waals surface area contributed by atoms with Crippen LogP contribution in [0.1, 0.15) is 5.56 Å². The highest BCUT2D eigenvalue weighted by Crippen LogP contribution is 2.32. The molecule has 1 aromatic carbocycles. The number of amides is 2. The smallest absolute Gasteiger partial charge is 0.341 e. The van der Waals surface area contributed by atoms with Gasteiger partial charge in [0.1, 0.15) is 5.75 Å². The van der Waals surface area contributed by atoms with Gasteiger partial charge in [0, 0.05) is 0 Å². The minimum atomic E-state index is -1.06. The number of carbonyl (C=O) groups excluding carboxylic acids is 2. The van der Waals surface area contributed by atoms with Crippen LogP contribution in [0.3, 0.4) is 0 Å². The summed E-state index contributed by atoms with van der Waals surface area (Å²) in [5.74, 6) is 1.23. The van der Waals surface area contributed by atoms with Crippen molar-refractivity contribution < 1.29 is 24.2 Å². The molecule has 118 valence electrons. The van der Waals surface area contributed by atoms with Crippen molar-refractivity contribution in [3.63, 3.8) is 0 Å². The number of rotatable bonds is 5. The number of hydrogen-bond donors (Lipinski definition) is 1. The molecule has 1 aliphatic heterocycles. The Morgan fingerprint density at radius 2 is 2.22 bits per heavy atom. The molecule has 2 amide bonds. The third-order valence-corrected chi connectivity index (χ3v) is 4.48. The van der Waals surface area contributed by atoms with Gasteiger partial charge in [-0.1, -0.05) is 12.0 Å². The molecule has 23 heavy (non-hydrogen) atoms. The van der Waals surface area contributed by atoms with E-state index in [1.807, 2.05) is 22.6 Å². The van der Waals surface area contributed by atoms with Gasteiger partial charge in [-0.2, -0.15) is 0 Å². The van der Waals surface area contributed by atoms with Crippen molar-refractivity contribution in [1.82, 2.24) is 4.90 Å². The summed E-state index contributed by atoms with van der Waals surface area (Å²) in [4.78, 5) is 35.6. The Labute approximate surface area is 150 Å². The maximum absolute atomic E-state index is 12.1. The first-order valence-electron chi connectivity index (χ1n) is 6.25. The van der Waals surface area contributed by atoms with Gasteiger partial charge in [-0.25, -0.2) is 4.79 Å². The highest BCUT2D eigenvalue weighted by molar-refractivity contribution is 14.1. The Morgan fingerprint density at radius 1 is 1.48 bits per heavy atom. The number of hydrogen-bond acceptors (Lipinski definition) is 5. The minimum Gasteiger partial charge on any atom is -0.481 e. The zero-order valence-corrected chi connectivity index (χ0v) is 14.6. The van der Waals surface area contributed by atoms with E-state index in [2.05, 4.69) is 5.92 Å². The molecular weight excluding hydrogens is 433 g/mol. The van der Waals surface area contributed by atoms with Crippen molar-refractivity contribution in [2.45, 2.75) is 0 Å². The molecule has 6 nitrogen and oxygen atoms in total. The van der Waals surface area contributed by atoms with E-state index >= 15 is 0 Å². The van der Waals surface area contributed by atoms with Crippen LogP contribution in [0.2, 0.25) is 0 Å². The van der Waals surface area contributed by atoms with E-state index < -0.39 is 23.7 Å². The van der Waals surface area contributed by atoms with Crippen LogP contribution in [0, 0.1) is 15.9 Å². The van der Waals surface area contributed by atoms with Crippen molar-refractivity contribution in [3.8, 4) is 18.1 Å². The second-order valence-corrected chi connectivity index (χ2v) is 6.50. The highest BCUT2D eigenvalue weighted by Gasteiger charge is 2.34. The van der Waals surface area contributed by atoms with Gasteiger partial charge in [0.05, 0.1) is 15.0 Å². The predicted octanol–water partition coefficient (Wildman–Crippen LogP) is 2.42. The van der Waals surface area contributed by atoms with Crippen LogP contribution in [-0.4, -0.2) is 40.3 Å². The summed E-state index contributed by atoms with van der Waals surface area (Å²) in [6, 6.07) is 5.02. The maximum Gasteiger partial charge on any atom is 0.341 e. The lowest BCUT2D eigenvalue weighted by atomic mass is 10.2. The number of aliphatic carboxylic acids is 1. The molecule has 2 rings (SSSR count).